The summed E-state index contributed by atoms with van der Waals surface area (Å²) in [5.41, 5.74) is 3.36. The maximum atomic E-state index is 12.6. The molecule has 0 saturated carbocycles. The molecule has 0 spiro atoms. The Kier molecular flexibility index (Phi) is 9.53. The Hall–Kier alpha value is -3.32. The number of carbonyl (C=O) groups excluding carboxylic acids is 1. The van der Waals surface area contributed by atoms with Crippen LogP contribution in [0, 0.1) is 3.57 Å². The third-order valence-electron chi connectivity index (χ3n) is 4.74. The Balaban J connectivity index is 1.74. The van der Waals surface area contributed by atoms with Gasteiger partial charge in [-0.05, 0) is 77.0 Å². The van der Waals surface area contributed by atoms with Crippen LogP contribution in [0.1, 0.15) is 29.3 Å². The van der Waals surface area contributed by atoms with E-state index in [-0.39, 0.29) is 16.4 Å². The number of hydrogen-bond donors (Lipinski definition) is 1. The highest BCUT2D eigenvalue weighted by atomic mass is 127. The summed E-state index contributed by atoms with van der Waals surface area (Å²) in [4.78, 5) is 12.6. The van der Waals surface area contributed by atoms with Crippen molar-refractivity contribution >= 4 is 44.8 Å². The first-order valence-corrected chi connectivity index (χ1v) is 13.3. The molecule has 0 bridgehead atoms. The van der Waals surface area contributed by atoms with Crippen LogP contribution in [0.2, 0.25) is 0 Å². The molecule has 0 unspecified atom stereocenters. The number of carbonyl (C=O) groups is 1. The predicted molar refractivity (Wildman–Crippen MR) is 144 cm³/mol. The molecule has 3 aromatic rings. The molecule has 0 fully saturated rings. The quantitative estimate of drug-likeness (QED) is 0.143. The lowest BCUT2D eigenvalue weighted by Gasteiger charge is -2.13. The van der Waals surface area contributed by atoms with Crippen LogP contribution in [-0.4, -0.2) is 41.4 Å². The van der Waals surface area contributed by atoms with Gasteiger partial charge in [0, 0.05) is 5.56 Å². The third-order valence-corrected chi connectivity index (χ3v) is 6.78. The molecule has 3 aromatic carbocycles. The van der Waals surface area contributed by atoms with E-state index in [2.05, 4.69) is 10.5 Å². The minimum atomic E-state index is -4.05. The summed E-state index contributed by atoms with van der Waals surface area (Å²) in [6.07, 6.45) is 2.26. The summed E-state index contributed by atoms with van der Waals surface area (Å²) >= 11 is 1.94. The fourth-order valence-electron chi connectivity index (χ4n) is 3.01. The van der Waals surface area contributed by atoms with E-state index in [9.17, 15) is 13.2 Å². The van der Waals surface area contributed by atoms with Crippen LogP contribution in [0.3, 0.4) is 0 Å². The molecule has 36 heavy (non-hydrogen) atoms. The van der Waals surface area contributed by atoms with E-state index in [0.717, 1.165) is 6.42 Å². The molecule has 0 aromatic heterocycles. The van der Waals surface area contributed by atoms with Gasteiger partial charge >= 0.3 is 10.1 Å². The third kappa shape index (κ3) is 6.88. The van der Waals surface area contributed by atoms with E-state index in [1.807, 2.05) is 29.5 Å². The highest BCUT2D eigenvalue weighted by Crippen LogP contribution is 2.35. The van der Waals surface area contributed by atoms with Crippen LogP contribution >= 0.6 is 22.6 Å². The Bertz CT molecular complexity index is 1350. The van der Waals surface area contributed by atoms with E-state index >= 15 is 0 Å². The second kappa shape index (κ2) is 12.6. The highest BCUT2D eigenvalue weighted by molar-refractivity contribution is 14.1. The smallest absolute Gasteiger partial charge is 0.339 e. The van der Waals surface area contributed by atoms with Crippen molar-refractivity contribution in [2.24, 2.45) is 5.10 Å². The second-order valence-corrected chi connectivity index (χ2v) is 10.0. The zero-order valence-electron chi connectivity index (χ0n) is 19.9. The van der Waals surface area contributed by atoms with Crippen molar-refractivity contribution in [2.45, 2.75) is 18.2 Å². The minimum Gasteiger partial charge on any atom is -0.493 e. The van der Waals surface area contributed by atoms with E-state index in [4.69, 9.17) is 18.4 Å². The van der Waals surface area contributed by atoms with Crippen molar-refractivity contribution in [3.63, 3.8) is 0 Å². The molecule has 0 aliphatic rings. The van der Waals surface area contributed by atoms with Gasteiger partial charge in [0.2, 0.25) is 0 Å². The summed E-state index contributed by atoms with van der Waals surface area (Å²) in [7, 11) is -1.15. The molecule has 1 amide bonds. The number of amides is 1. The summed E-state index contributed by atoms with van der Waals surface area (Å²) in [6.45, 7) is 2.53. The molecular formula is C25H25IN2O7S. The molecule has 0 radical (unpaired) electrons. The number of nitrogens with one attached hydrogen (secondary N) is 1. The molecule has 0 atom stereocenters. The maximum Gasteiger partial charge on any atom is 0.339 e. The lowest BCUT2D eigenvalue weighted by atomic mass is 10.2. The van der Waals surface area contributed by atoms with Crippen molar-refractivity contribution < 1.29 is 31.6 Å². The zero-order valence-corrected chi connectivity index (χ0v) is 22.8. The van der Waals surface area contributed by atoms with Gasteiger partial charge in [-0.15, -0.1) is 0 Å². The van der Waals surface area contributed by atoms with Crippen molar-refractivity contribution in [3.05, 3.63) is 75.4 Å². The van der Waals surface area contributed by atoms with Gasteiger partial charge in [-0.25, -0.2) is 5.43 Å². The van der Waals surface area contributed by atoms with Crippen molar-refractivity contribution in [1.82, 2.24) is 5.43 Å². The van der Waals surface area contributed by atoms with Gasteiger partial charge in [0.25, 0.3) is 5.91 Å². The Morgan fingerprint density at radius 1 is 1.00 bits per heavy atom. The average Bonchev–Trinajstić information content (AvgIpc) is 2.89. The molecule has 11 heteroatoms. The van der Waals surface area contributed by atoms with E-state index in [1.165, 1.54) is 32.6 Å². The Labute approximate surface area is 223 Å². The number of hydrazone groups is 1. The van der Waals surface area contributed by atoms with Crippen LogP contribution in [0.15, 0.2) is 70.7 Å². The minimum absolute atomic E-state index is 0.0257. The first-order chi connectivity index (χ1) is 17.3. The van der Waals surface area contributed by atoms with Gasteiger partial charge in [0.05, 0.1) is 30.6 Å². The monoisotopic (exact) mass is 624 g/mol. The number of methoxy groups -OCH3 is 2. The summed E-state index contributed by atoms with van der Waals surface area (Å²) in [5.74, 6) is 0.808. The summed E-state index contributed by atoms with van der Waals surface area (Å²) < 4.78 is 47.4. The SMILES string of the molecule is CCCOc1ccc(C(=O)N/N=C/c2cc(I)c(OS(=O)(=O)c3ccccc3)c(OC)c2)cc1OC. The van der Waals surface area contributed by atoms with Crippen LogP contribution in [0.25, 0.3) is 0 Å². The summed E-state index contributed by atoms with van der Waals surface area (Å²) in [6, 6.07) is 15.9. The number of benzene rings is 3. The molecule has 9 nitrogen and oxygen atoms in total. The molecule has 0 aliphatic heterocycles. The largest absolute Gasteiger partial charge is 0.493 e. The van der Waals surface area contributed by atoms with E-state index < -0.39 is 16.0 Å². The topological polar surface area (TPSA) is 113 Å². The van der Waals surface area contributed by atoms with Gasteiger partial charge in [-0.2, -0.15) is 13.5 Å². The molecule has 190 valence electrons. The van der Waals surface area contributed by atoms with Crippen molar-refractivity contribution in [1.29, 1.82) is 0 Å². The highest BCUT2D eigenvalue weighted by Gasteiger charge is 2.21. The van der Waals surface area contributed by atoms with E-state index in [0.29, 0.717) is 32.8 Å². The number of ether oxygens (including phenoxy) is 3. The van der Waals surface area contributed by atoms with Gasteiger partial charge in [0.1, 0.15) is 4.90 Å². The molecule has 0 aliphatic carbocycles. The fourth-order valence-corrected chi connectivity index (χ4v) is 4.87. The second-order valence-electron chi connectivity index (χ2n) is 7.30. The van der Waals surface area contributed by atoms with Crippen LogP contribution in [0.5, 0.6) is 23.0 Å². The van der Waals surface area contributed by atoms with E-state index in [1.54, 1.807) is 48.5 Å². The van der Waals surface area contributed by atoms with Gasteiger partial charge in [0.15, 0.2) is 23.0 Å². The number of nitrogens with zero attached hydrogens (tertiary/aromatic N) is 1. The summed E-state index contributed by atoms with van der Waals surface area (Å²) in [5, 5.41) is 4.00. The molecule has 3 rings (SSSR count). The predicted octanol–water partition coefficient (Wildman–Crippen LogP) is 4.63. The van der Waals surface area contributed by atoms with Crippen LogP contribution < -0.4 is 23.8 Å². The first kappa shape index (κ1) is 27.3. The zero-order chi connectivity index (χ0) is 26.1. The lowest BCUT2D eigenvalue weighted by molar-refractivity contribution is 0.0954. The number of hydrogen-bond acceptors (Lipinski definition) is 8. The lowest BCUT2D eigenvalue weighted by Crippen LogP contribution is -2.17. The molecule has 0 saturated heterocycles. The van der Waals surface area contributed by atoms with Gasteiger partial charge in [-0.3, -0.25) is 4.79 Å². The maximum absolute atomic E-state index is 12.6. The van der Waals surface area contributed by atoms with Gasteiger partial charge in [-0.1, -0.05) is 25.1 Å². The fraction of sp³-hybridized carbons (Fsp3) is 0.200. The van der Waals surface area contributed by atoms with Crippen LogP contribution in [0.4, 0.5) is 0 Å². The molecular weight excluding hydrogens is 599 g/mol. The average molecular weight is 624 g/mol. The number of halogens is 1. The Morgan fingerprint density at radius 2 is 1.72 bits per heavy atom. The number of rotatable bonds is 11. The van der Waals surface area contributed by atoms with Crippen molar-refractivity contribution in [2.75, 3.05) is 20.8 Å². The standard InChI is InChI=1S/C25H25IN2O7S/c1-4-12-34-21-11-10-18(15-22(21)32-2)25(29)28-27-16-17-13-20(26)24(23(14-17)33-3)35-36(30,31)19-8-6-5-7-9-19/h5-11,13-16H,4,12H2,1-3H3,(H,28,29)/b27-16+. The van der Waals surface area contributed by atoms with Crippen molar-refractivity contribution in [3.8, 4) is 23.0 Å². The molecule has 0 heterocycles. The van der Waals surface area contributed by atoms with Crippen LogP contribution in [-0.2, 0) is 10.1 Å². The van der Waals surface area contributed by atoms with Gasteiger partial charge < -0.3 is 18.4 Å². The normalized spacial score (nSPS) is 11.2. The molecule has 1 N–H and O–H groups in total. The Morgan fingerprint density at radius 3 is 2.39 bits per heavy atom. The first-order valence-electron chi connectivity index (χ1n) is 10.8.